The highest BCUT2D eigenvalue weighted by molar-refractivity contribution is 5.89. The number of anilines is 1. The Bertz CT molecular complexity index is 644. The van der Waals surface area contributed by atoms with Crippen LogP contribution >= 0.6 is 0 Å². The molecule has 0 atom stereocenters. The fraction of sp³-hybridized carbons (Fsp3) is 0.278. The molecular formula is C18H22N2O3. The number of amides is 2. The zero-order chi connectivity index (χ0) is 16.7. The number of rotatable bonds is 6. The number of aliphatic hydroxyl groups excluding tert-OH is 1. The van der Waals surface area contributed by atoms with Crippen molar-refractivity contribution in [2.24, 2.45) is 0 Å². The first-order chi connectivity index (χ1) is 11.1. The van der Waals surface area contributed by atoms with Gasteiger partial charge in [0.25, 0.3) is 0 Å². The standard InChI is InChI=1S/C18H22N2O3/c1-20(10-11-21)18(22)19-16-8-9-17(23-2)15(13-16)12-14-6-4-3-5-7-14/h3-9,13,21H,10-12H2,1-2H3,(H,19,22). The summed E-state index contributed by atoms with van der Waals surface area (Å²) in [6, 6.07) is 15.4. The maximum Gasteiger partial charge on any atom is 0.321 e. The van der Waals surface area contributed by atoms with Crippen LogP contribution in [0.3, 0.4) is 0 Å². The maximum atomic E-state index is 12.0. The smallest absolute Gasteiger partial charge is 0.321 e. The molecule has 0 spiro atoms. The molecule has 0 saturated carbocycles. The van der Waals surface area contributed by atoms with Gasteiger partial charge in [-0.3, -0.25) is 0 Å². The summed E-state index contributed by atoms with van der Waals surface area (Å²) >= 11 is 0. The minimum atomic E-state index is -0.255. The molecule has 0 aliphatic heterocycles. The predicted octanol–water partition coefficient (Wildman–Crippen LogP) is 2.74. The number of nitrogens with one attached hydrogen (secondary N) is 1. The molecule has 0 radical (unpaired) electrons. The van der Waals surface area contributed by atoms with Crippen molar-refractivity contribution in [2.45, 2.75) is 6.42 Å². The second-order valence-corrected chi connectivity index (χ2v) is 5.26. The van der Waals surface area contributed by atoms with Crippen LogP contribution in [-0.4, -0.2) is 43.3 Å². The number of carbonyl (C=O) groups excluding carboxylic acids is 1. The number of hydrogen-bond acceptors (Lipinski definition) is 3. The molecule has 5 nitrogen and oxygen atoms in total. The molecule has 2 aromatic carbocycles. The molecule has 0 aromatic heterocycles. The van der Waals surface area contributed by atoms with Crippen molar-refractivity contribution in [2.75, 3.05) is 32.6 Å². The average molecular weight is 314 g/mol. The number of likely N-dealkylation sites (N-methyl/N-ethyl adjacent to an activating group) is 1. The van der Waals surface area contributed by atoms with Gasteiger partial charge in [0.15, 0.2) is 0 Å². The Labute approximate surface area is 136 Å². The molecule has 0 aliphatic carbocycles. The summed E-state index contributed by atoms with van der Waals surface area (Å²) in [5.41, 5.74) is 2.87. The van der Waals surface area contributed by atoms with Gasteiger partial charge >= 0.3 is 6.03 Å². The van der Waals surface area contributed by atoms with Crippen molar-refractivity contribution in [1.29, 1.82) is 0 Å². The predicted molar refractivity (Wildman–Crippen MR) is 91.0 cm³/mol. The number of hydrogen-bond donors (Lipinski definition) is 2. The lowest BCUT2D eigenvalue weighted by Gasteiger charge is -2.17. The van der Waals surface area contributed by atoms with Gasteiger partial charge in [-0.2, -0.15) is 0 Å². The van der Waals surface area contributed by atoms with E-state index in [0.29, 0.717) is 12.2 Å². The molecule has 0 bridgehead atoms. The summed E-state index contributed by atoms with van der Waals surface area (Å²) in [4.78, 5) is 13.4. The number of urea groups is 1. The molecule has 0 heterocycles. The molecule has 0 fully saturated rings. The lowest BCUT2D eigenvalue weighted by atomic mass is 10.0. The van der Waals surface area contributed by atoms with E-state index in [9.17, 15) is 4.79 Å². The highest BCUT2D eigenvalue weighted by Gasteiger charge is 2.10. The van der Waals surface area contributed by atoms with E-state index in [4.69, 9.17) is 9.84 Å². The maximum absolute atomic E-state index is 12.0. The van der Waals surface area contributed by atoms with Crippen molar-refractivity contribution in [3.05, 3.63) is 59.7 Å². The van der Waals surface area contributed by atoms with Crippen molar-refractivity contribution >= 4 is 11.7 Å². The van der Waals surface area contributed by atoms with Gasteiger partial charge in [0.2, 0.25) is 0 Å². The van der Waals surface area contributed by atoms with Gasteiger partial charge in [-0.1, -0.05) is 30.3 Å². The largest absolute Gasteiger partial charge is 0.496 e. The van der Waals surface area contributed by atoms with Gasteiger partial charge in [-0.05, 0) is 23.8 Å². The Morgan fingerprint density at radius 2 is 1.96 bits per heavy atom. The van der Waals surface area contributed by atoms with Gasteiger partial charge in [-0.15, -0.1) is 0 Å². The molecule has 2 N–H and O–H groups in total. The van der Waals surface area contributed by atoms with Crippen molar-refractivity contribution in [1.82, 2.24) is 4.90 Å². The first-order valence-electron chi connectivity index (χ1n) is 7.48. The van der Waals surface area contributed by atoms with Gasteiger partial charge in [0.1, 0.15) is 5.75 Å². The van der Waals surface area contributed by atoms with Crippen molar-refractivity contribution in [3.63, 3.8) is 0 Å². The van der Waals surface area contributed by atoms with E-state index in [1.165, 1.54) is 10.5 Å². The minimum Gasteiger partial charge on any atom is -0.496 e. The highest BCUT2D eigenvalue weighted by atomic mass is 16.5. The summed E-state index contributed by atoms with van der Waals surface area (Å²) in [6.45, 7) is 0.227. The topological polar surface area (TPSA) is 61.8 Å². The van der Waals surface area contributed by atoms with E-state index >= 15 is 0 Å². The van der Waals surface area contributed by atoms with E-state index in [1.807, 2.05) is 30.3 Å². The van der Waals surface area contributed by atoms with Crippen molar-refractivity contribution < 1.29 is 14.6 Å². The Morgan fingerprint density at radius 1 is 1.22 bits per heavy atom. The number of carbonyl (C=O) groups is 1. The summed E-state index contributed by atoms with van der Waals surface area (Å²) in [7, 11) is 3.27. The van der Waals surface area contributed by atoms with E-state index in [2.05, 4.69) is 17.4 Å². The second kappa shape index (κ2) is 8.19. The minimum absolute atomic E-state index is 0.0637. The van der Waals surface area contributed by atoms with E-state index in [0.717, 1.165) is 17.7 Å². The second-order valence-electron chi connectivity index (χ2n) is 5.26. The highest BCUT2D eigenvalue weighted by Crippen LogP contribution is 2.25. The molecule has 0 saturated heterocycles. The van der Waals surface area contributed by atoms with Crippen LogP contribution in [0.5, 0.6) is 5.75 Å². The molecule has 0 unspecified atom stereocenters. The fourth-order valence-corrected chi connectivity index (χ4v) is 2.28. The quantitative estimate of drug-likeness (QED) is 0.862. The van der Waals surface area contributed by atoms with E-state index < -0.39 is 0 Å². The van der Waals surface area contributed by atoms with Gasteiger partial charge in [-0.25, -0.2) is 4.79 Å². The SMILES string of the molecule is COc1ccc(NC(=O)N(C)CCO)cc1Cc1ccccc1. The number of nitrogens with zero attached hydrogens (tertiary/aromatic N) is 1. The van der Waals surface area contributed by atoms with Crippen LogP contribution in [0, 0.1) is 0 Å². The molecule has 2 amide bonds. The zero-order valence-corrected chi connectivity index (χ0v) is 13.5. The van der Waals surface area contributed by atoms with Crippen LogP contribution in [0.4, 0.5) is 10.5 Å². The molecule has 122 valence electrons. The van der Waals surface area contributed by atoms with Gasteiger partial charge < -0.3 is 20.1 Å². The molecule has 23 heavy (non-hydrogen) atoms. The molecule has 2 rings (SSSR count). The third kappa shape index (κ3) is 4.72. The number of methoxy groups -OCH3 is 1. The van der Waals surface area contributed by atoms with Crippen LogP contribution in [0.1, 0.15) is 11.1 Å². The summed E-state index contributed by atoms with van der Waals surface area (Å²) in [5, 5.41) is 11.7. The Morgan fingerprint density at radius 3 is 2.61 bits per heavy atom. The third-order valence-corrected chi connectivity index (χ3v) is 3.55. The zero-order valence-electron chi connectivity index (χ0n) is 13.5. The lowest BCUT2D eigenvalue weighted by Crippen LogP contribution is -2.33. The first-order valence-corrected chi connectivity index (χ1v) is 7.48. The van der Waals surface area contributed by atoms with Crippen LogP contribution in [0.25, 0.3) is 0 Å². The first kappa shape index (κ1) is 16.8. The fourth-order valence-electron chi connectivity index (χ4n) is 2.28. The van der Waals surface area contributed by atoms with Crippen LogP contribution in [0.15, 0.2) is 48.5 Å². The summed E-state index contributed by atoms with van der Waals surface area (Å²) < 4.78 is 5.41. The molecule has 2 aromatic rings. The third-order valence-electron chi connectivity index (χ3n) is 3.55. The Kier molecular flexibility index (Phi) is 6.00. The molecule has 5 heteroatoms. The lowest BCUT2D eigenvalue weighted by molar-refractivity contribution is 0.202. The normalized spacial score (nSPS) is 10.2. The number of benzene rings is 2. The average Bonchev–Trinajstić information content (AvgIpc) is 2.56. The van der Waals surface area contributed by atoms with E-state index in [-0.39, 0.29) is 12.6 Å². The van der Waals surface area contributed by atoms with Crippen LogP contribution < -0.4 is 10.1 Å². The van der Waals surface area contributed by atoms with Gasteiger partial charge in [0, 0.05) is 31.3 Å². The Hall–Kier alpha value is -2.53. The van der Waals surface area contributed by atoms with Crippen LogP contribution in [-0.2, 0) is 6.42 Å². The summed E-state index contributed by atoms with van der Waals surface area (Å²) in [6.07, 6.45) is 0.722. The molecular weight excluding hydrogens is 292 g/mol. The summed E-state index contributed by atoms with van der Waals surface area (Å²) in [5.74, 6) is 0.788. The van der Waals surface area contributed by atoms with E-state index in [1.54, 1.807) is 20.2 Å². The van der Waals surface area contributed by atoms with Crippen molar-refractivity contribution in [3.8, 4) is 5.75 Å². The number of aliphatic hydroxyl groups is 1. The molecule has 0 aliphatic rings. The number of ether oxygens (including phenoxy) is 1. The monoisotopic (exact) mass is 314 g/mol. The Balaban J connectivity index is 2.16. The van der Waals surface area contributed by atoms with Gasteiger partial charge in [0.05, 0.1) is 13.7 Å². The van der Waals surface area contributed by atoms with Crippen LogP contribution in [0.2, 0.25) is 0 Å².